The minimum atomic E-state index is -1.38. The van der Waals surface area contributed by atoms with Gasteiger partial charge in [0.15, 0.2) is 5.17 Å². The molecule has 1 saturated heterocycles. The summed E-state index contributed by atoms with van der Waals surface area (Å²) >= 11 is 0.978. The van der Waals surface area contributed by atoms with E-state index in [-0.39, 0.29) is 80.9 Å². The maximum Gasteiger partial charge on any atom is 0.444 e. The summed E-state index contributed by atoms with van der Waals surface area (Å²) in [5, 5.41) is 34.5. The zero-order valence-electron chi connectivity index (χ0n) is 41.8. The highest BCUT2D eigenvalue weighted by Crippen LogP contribution is 2.49. The molecule has 0 spiro atoms. The molecule has 2 aliphatic heterocycles. The zero-order valence-corrected chi connectivity index (χ0v) is 42.6. The first kappa shape index (κ1) is 55.5. The number of non-ortho nitro benzene ring substituents is 3. The fraction of sp³-hybridized carbons (Fsp3) is 0.269. The van der Waals surface area contributed by atoms with Gasteiger partial charge in [0.1, 0.15) is 24.6 Å². The molecule has 2 amide bonds. The summed E-state index contributed by atoms with van der Waals surface area (Å²) in [6, 6.07) is 24.4. The van der Waals surface area contributed by atoms with Crippen LogP contribution >= 0.6 is 11.8 Å². The lowest BCUT2D eigenvalue weighted by Gasteiger charge is -2.47. The van der Waals surface area contributed by atoms with Crippen molar-refractivity contribution >= 4 is 87.0 Å². The lowest BCUT2D eigenvalue weighted by molar-refractivity contribution is -0.903. The van der Waals surface area contributed by atoms with Gasteiger partial charge in [-0.3, -0.25) is 40.0 Å². The van der Waals surface area contributed by atoms with Crippen LogP contribution < -0.4 is 4.74 Å². The van der Waals surface area contributed by atoms with Gasteiger partial charge < -0.3 is 23.6 Å². The lowest BCUT2D eigenvalue weighted by atomic mass is 9.74. The van der Waals surface area contributed by atoms with E-state index in [1.165, 1.54) is 17.0 Å². The smallest absolute Gasteiger partial charge is 0.444 e. The molecular weight excluding hydrogens is 1030 g/mol. The molecule has 7 rings (SSSR count). The van der Waals surface area contributed by atoms with Crippen molar-refractivity contribution in [3.63, 3.8) is 0 Å². The molecule has 5 aromatic carbocycles. The van der Waals surface area contributed by atoms with Gasteiger partial charge in [-0.05, 0) is 53.8 Å². The van der Waals surface area contributed by atoms with E-state index < -0.39 is 44.7 Å². The minimum Gasteiger partial charge on any atom is -0.488 e. The summed E-state index contributed by atoms with van der Waals surface area (Å²) in [5.74, 6) is -4.48. The molecule has 77 heavy (non-hydrogen) atoms. The number of esters is 3. The Bertz CT molecular complexity index is 3270. The van der Waals surface area contributed by atoms with Crippen LogP contribution in [0, 0.1) is 48.1 Å². The van der Waals surface area contributed by atoms with Gasteiger partial charge in [0, 0.05) is 71.0 Å². The largest absolute Gasteiger partial charge is 0.488 e. The van der Waals surface area contributed by atoms with Crippen LogP contribution in [0.1, 0.15) is 63.8 Å². The summed E-state index contributed by atoms with van der Waals surface area (Å²) in [6.45, 7) is 6.73. The first-order chi connectivity index (χ1) is 36.6. The molecule has 2 aliphatic rings. The number of carbonyl (C=O) groups is 6. The Morgan fingerprint density at radius 1 is 0.727 bits per heavy atom. The average molecular weight is 1080 g/mol. The number of hydrogen-bond donors (Lipinski definition) is 0. The van der Waals surface area contributed by atoms with E-state index in [1.807, 2.05) is 65.2 Å². The van der Waals surface area contributed by atoms with Gasteiger partial charge in [0.2, 0.25) is 12.3 Å². The van der Waals surface area contributed by atoms with Crippen molar-refractivity contribution in [3.8, 4) is 5.75 Å². The number of amidine groups is 1. The van der Waals surface area contributed by atoms with Crippen molar-refractivity contribution in [2.24, 2.45) is 27.7 Å². The molecule has 5 aromatic rings. The van der Waals surface area contributed by atoms with Gasteiger partial charge in [0.05, 0.1) is 64.1 Å². The van der Waals surface area contributed by atoms with Crippen molar-refractivity contribution in [1.29, 1.82) is 0 Å². The van der Waals surface area contributed by atoms with Crippen LogP contribution in [-0.4, -0.2) is 111 Å². The second kappa shape index (κ2) is 24.0. The van der Waals surface area contributed by atoms with E-state index in [0.29, 0.717) is 47.5 Å². The monoisotopic (exact) mass is 1070 g/mol. The number of quaternary nitrogens is 1. The van der Waals surface area contributed by atoms with Crippen molar-refractivity contribution in [1.82, 2.24) is 4.90 Å². The van der Waals surface area contributed by atoms with Crippen molar-refractivity contribution in [2.75, 3.05) is 33.0 Å². The first-order valence-corrected chi connectivity index (χ1v) is 24.5. The van der Waals surface area contributed by atoms with E-state index in [0.717, 1.165) is 88.8 Å². The highest BCUT2D eigenvalue weighted by molar-refractivity contribution is 8.13. The number of nitro benzene ring substituents is 3. The Balaban J connectivity index is 1.01. The molecule has 0 saturated carbocycles. The Morgan fingerprint density at radius 3 is 1.82 bits per heavy atom. The normalized spacial score (nSPS) is 16.2. The highest BCUT2D eigenvalue weighted by Gasteiger charge is 2.59. The summed E-state index contributed by atoms with van der Waals surface area (Å²) in [5.41, 5.74) is 0.232. The highest BCUT2D eigenvalue weighted by atomic mass is 32.2. The maximum atomic E-state index is 13.8. The molecule has 0 N–H and O–H groups in total. The standard InChI is InChI=1S/C52H48N7O17S/c1-30(2)43-44-31(3)41(45(55(44)46(43)60)50(64)74-47(61)32-13-19-36(20-14-32)56(66)67)28-72-42-12-7-10-39-35(9-6-11-40(39)42)27-59(4,5)25-8-26-77-51(53-29-73-76-49(63)34-17-23-38(24-18-34)58(70)71)54-52(65)75-48(62)33-15-21-37(22-16-33)57(68)69/h6-7,9-24,29-31,43-44H,8,25-28H2,1-5H3/q+1/b53-29+,54-51+/t31-,43+,44+/m0/s1. The fourth-order valence-electron chi connectivity index (χ4n) is 8.84. The number of ether oxygens (including phenoxy) is 3. The number of benzene rings is 5. The molecule has 0 bridgehead atoms. The summed E-state index contributed by atoms with van der Waals surface area (Å²) in [7, 11) is 4.03. The Hall–Kier alpha value is -9.23. The van der Waals surface area contributed by atoms with E-state index in [9.17, 15) is 59.1 Å². The van der Waals surface area contributed by atoms with Crippen LogP contribution in [-0.2, 0) is 35.4 Å². The number of nitro groups is 3. The number of fused-ring (bicyclic) bond motifs is 2. The summed E-state index contributed by atoms with van der Waals surface area (Å²) in [4.78, 5) is 128. The third-order valence-corrected chi connectivity index (χ3v) is 13.6. The van der Waals surface area contributed by atoms with Crippen molar-refractivity contribution in [2.45, 2.75) is 39.8 Å². The minimum absolute atomic E-state index is 0.0396. The molecule has 398 valence electrons. The number of thioether (sulfide) groups is 1. The number of nitrogens with zero attached hydrogens (tertiary/aromatic N) is 7. The average Bonchev–Trinajstić information content (AvgIpc) is 3.77. The molecule has 3 atom stereocenters. The number of rotatable bonds is 19. The SMILES string of the molecule is CC(C)[C@H]1C(=O)N2C(C(=O)OC(=O)c3ccc([N+](=O)[O-])cc3)=C(COc3cccc4c(C[N+](C)(C)CCCSC(/N=C/OOC(=O)c5ccc([N+](=O)[O-])cc5)=N/C(=O)OC(=O)c5ccc([N+](=O)[O-])cc5)cccc34)[C@H](C)[C@H]12. The zero-order chi connectivity index (χ0) is 55.7. The molecule has 1 fully saturated rings. The van der Waals surface area contributed by atoms with Crippen molar-refractivity contribution in [3.05, 3.63) is 173 Å². The third kappa shape index (κ3) is 13.2. The van der Waals surface area contributed by atoms with Gasteiger partial charge in [-0.15, -0.1) is 4.99 Å². The molecule has 25 heteroatoms. The molecule has 24 nitrogen and oxygen atoms in total. The number of carbonyl (C=O) groups excluding carboxylic acids is 6. The maximum absolute atomic E-state index is 13.8. The molecule has 0 aliphatic carbocycles. The van der Waals surface area contributed by atoms with E-state index in [4.69, 9.17) is 24.0 Å². The molecule has 0 unspecified atom stereocenters. The predicted octanol–water partition coefficient (Wildman–Crippen LogP) is 8.56. The number of β-lactam (4-membered cyclic amide) rings is 1. The van der Waals surface area contributed by atoms with Crippen LogP contribution in [0.25, 0.3) is 10.8 Å². The lowest BCUT2D eigenvalue weighted by Crippen LogP contribution is -2.62. The van der Waals surface area contributed by atoms with E-state index in [2.05, 4.69) is 9.98 Å². The van der Waals surface area contributed by atoms with Crippen LogP contribution in [0.2, 0.25) is 0 Å². The number of aliphatic imine (C=N–C) groups is 2. The Kier molecular flexibility index (Phi) is 17.3. The Labute approximate surface area is 441 Å². The van der Waals surface area contributed by atoms with Crippen LogP contribution in [0.15, 0.2) is 130 Å². The van der Waals surface area contributed by atoms with E-state index in [1.54, 1.807) is 6.07 Å². The fourth-order valence-corrected chi connectivity index (χ4v) is 9.55. The molecule has 0 aromatic heterocycles. The molecule has 0 radical (unpaired) electrons. The summed E-state index contributed by atoms with van der Waals surface area (Å²) < 4.78 is 17.0. The number of hydrogen-bond acceptors (Lipinski definition) is 18. The number of amides is 2. The molecular formula is C52H48N7O17S+. The first-order valence-electron chi connectivity index (χ1n) is 23.5. The van der Waals surface area contributed by atoms with Crippen LogP contribution in [0.3, 0.4) is 0 Å². The van der Waals surface area contributed by atoms with Gasteiger partial charge in [0.25, 0.3) is 17.1 Å². The topological polar surface area (TPSA) is 306 Å². The molecule has 2 heterocycles. The van der Waals surface area contributed by atoms with Gasteiger partial charge in [-0.25, -0.2) is 28.9 Å². The van der Waals surface area contributed by atoms with Gasteiger partial charge in [-0.2, -0.15) is 4.99 Å². The quantitative estimate of drug-likeness (QED) is 0.00714. The van der Waals surface area contributed by atoms with Crippen molar-refractivity contribution < 1.29 is 72.0 Å². The summed E-state index contributed by atoms with van der Waals surface area (Å²) in [6.07, 6.45) is -0.193. The van der Waals surface area contributed by atoms with Gasteiger partial charge >= 0.3 is 30.0 Å². The second-order valence-electron chi connectivity index (χ2n) is 18.5. The van der Waals surface area contributed by atoms with Gasteiger partial charge in [-0.1, -0.05) is 62.9 Å². The second-order valence-corrected chi connectivity index (χ2v) is 19.6. The third-order valence-electron chi connectivity index (χ3n) is 12.6. The van der Waals surface area contributed by atoms with E-state index >= 15 is 0 Å². The predicted molar refractivity (Wildman–Crippen MR) is 275 cm³/mol. The van der Waals surface area contributed by atoms with Crippen LogP contribution in [0.4, 0.5) is 21.9 Å². The van der Waals surface area contributed by atoms with Crippen LogP contribution in [0.5, 0.6) is 5.75 Å². The Morgan fingerprint density at radius 2 is 1.26 bits per heavy atom.